The summed E-state index contributed by atoms with van der Waals surface area (Å²) < 4.78 is 10.8. The Balaban J connectivity index is 1.78. The van der Waals surface area contributed by atoms with E-state index < -0.39 is 0 Å². The number of benzene rings is 1. The summed E-state index contributed by atoms with van der Waals surface area (Å²) in [5, 5.41) is 2.85. The molecule has 2 rings (SSSR count). The third-order valence-corrected chi connectivity index (χ3v) is 3.66. The molecule has 0 bridgehead atoms. The molecule has 23 heavy (non-hydrogen) atoms. The smallest absolute Gasteiger partial charge is 0.223 e. The van der Waals surface area contributed by atoms with Gasteiger partial charge in [-0.15, -0.1) is 0 Å². The summed E-state index contributed by atoms with van der Waals surface area (Å²) in [6.45, 7) is 4.79. The van der Waals surface area contributed by atoms with Gasteiger partial charge in [-0.2, -0.15) is 0 Å². The molecule has 0 unspecified atom stereocenters. The molecule has 0 radical (unpaired) electrons. The van der Waals surface area contributed by atoms with Crippen molar-refractivity contribution in [1.82, 2.24) is 10.3 Å². The Morgan fingerprint density at radius 1 is 1.22 bits per heavy atom. The first-order valence-electron chi connectivity index (χ1n) is 7.55. The van der Waals surface area contributed by atoms with Gasteiger partial charge in [0.15, 0.2) is 0 Å². The number of carbonyl (C=O) groups excluding carboxylic acids is 1. The molecule has 1 aromatic carbocycles. The summed E-state index contributed by atoms with van der Waals surface area (Å²) in [6, 6.07) is 9.59. The summed E-state index contributed by atoms with van der Waals surface area (Å²) in [7, 11) is 1.56. The fraction of sp³-hybridized carbons (Fsp3) is 0.333. The van der Waals surface area contributed by atoms with E-state index in [9.17, 15) is 4.79 Å². The lowest BCUT2D eigenvalue weighted by molar-refractivity contribution is -0.121. The van der Waals surface area contributed by atoms with Crippen molar-refractivity contribution in [3.05, 3.63) is 53.2 Å². The summed E-state index contributed by atoms with van der Waals surface area (Å²) in [5.41, 5.74) is 3.13. The average Bonchev–Trinajstić information content (AvgIpc) is 2.57. The number of pyridine rings is 1. The maximum atomic E-state index is 11.9. The monoisotopic (exact) mass is 314 g/mol. The van der Waals surface area contributed by atoms with Gasteiger partial charge in [0.25, 0.3) is 0 Å². The number of rotatable bonds is 7. The average molecular weight is 314 g/mol. The third kappa shape index (κ3) is 4.71. The van der Waals surface area contributed by atoms with Gasteiger partial charge in [0.1, 0.15) is 5.75 Å². The molecular formula is C18H22N2O3. The number of amides is 1. The van der Waals surface area contributed by atoms with Crippen LogP contribution < -0.4 is 14.8 Å². The predicted molar refractivity (Wildman–Crippen MR) is 88.7 cm³/mol. The van der Waals surface area contributed by atoms with E-state index in [2.05, 4.69) is 10.3 Å². The second-order valence-electron chi connectivity index (χ2n) is 5.25. The van der Waals surface area contributed by atoms with E-state index in [4.69, 9.17) is 9.47 Å². The van der Waals surface area contributed by atoms with Crippen molar-refractivity contribution in [2.24, 2.45) is 0 Å². The molecule has 1 amide bonds. The van der Waals surface area contributed by atoms with Crippen LogP contribution in [0.3, 0.4) is 0 Å². The Labute approximate surface area is 136 Å². The van der Waals surface area contributed by atoms with E-state index in [0.717, 1.165) is 16.9 Å². The van der Waals surface area contributed by atoms with Crippen LogP contribution >= 0.6 is 0 Å². The zero-order valence-corrected chi connectivity index (χ0v) is 13.8. The zero-order chi connectivity index (χ0) is 16.7. The van der Waals surface area contributed by atoms with Crippen LogP contribution in [0.1, 0.15) is 23.1 Å². The highest BCUT2D eigenvalue weighted by atomic mass is 16.5. The molecule has 0 atom stereocenters. The molecule has 0 aliphatic rings. The van der Waals surface area contributed by atoms with Gasteiger partial charge in [-0.1, -0.05) is 18.2 Å². The molecule has 122 valence electrons. The number of aromatic nitrogens is 1. The predicted octanol–water partition coefficient (Wildman–Crippen LogP) is 2.79. The van der Waals surface area contributed by atoms with Crippen LogP contribution in [0.4, 0.5) is 0 Å². The number of carbonyl (C=O) groups is 1. The number of nitrogens with zero attached hydrogens (tertiary/aromatic N) is 1. The van der Waals surface area contributed by atoms with Crippen LogP contribution in [0.25, 0.3) is 0 Å². The molecule has 0 saturated heterocycles. The number of ether oxygens (including phenoxy) is 2. The topological polar surface area (TPSA) is 60.5 Å². The highest BCUT2D eigenvalue weighted by molar-refractivity contribution is 5.76. The molecule has 0 aliphatic heterocycles. The molecular weight excluding hydrogens is 292 g/mol. The maximum absolute atomic E-state index is 11.9. The lowest BCUT2D eigenvalue weighted by Crippen LogP contribution is -2.24. The molecule has 0 saturated carbocycles. The van der Waals surface area contributed by atoms with Gasteiger partial charge in [0.05, 0.1) is 20.1 Å². The van der Waals surface area contributed by atoms with Crippen molar-refractivity contribution in [2.75, 3.05) is 13.7 Å². The van der Waals surface area contributed by atoms with Gasteiger partial charge in [0.2, 0.25) is 11.8 Å². The Kier molecular flexibility index (Phi) is 5.97. The Morgan fingerprint density at radius 2 is 2.04 bits per heavy atom. The van der Waals surface area contributed by atoms with E-state index in [0.29, 0.717) is 25.5 Å². The number of nitrogens with one attached hydrogen (secondary N) is 1. The SMILES string of the molecule is COc1ncccc1CNC(=O)CCOc1cccc(C)c1C. The van der Waals surface area contributed by atoms with Crippen LogP contribution in [0.5, 0.6) is 11.6 Å². The van der Waals surface area contributed by atoms with Crippen molar-refractivity contribution < 1.29 is 14.3 Å². The molecule has 1 N–H and O–H groups in total. The van der Waals surface area contributed by atoms with Crippen molar-refractivity contribution in [1.29, 1.82) is 0 Å². The fourth-order valence-electron chi connectivity index (χ4n) is 2.16. The Hall–Kier alpha value is -2.56. The van der Waals surface area contributed by atoms with E-state index >= 15 is 0 Å². The molecule has 5 nitrogen and oxygen atoms in total. The van der Waals surface area contributed by atoms with Gasteiger partial charge < -0.3 is 14.8 Å². The van der Waals surface area contributed by atoms with Crippen molar-refractivity contribution >= 4 is 5.91 Å². The normalized spacial score (nSPS) is 10.2. The maximum Gasteiger partial charge on any atom is 0.223 e. The largest absolute Gasteiger partial charge is 0.493 e. The van der Waals surface area contributed by atoms with Crippen molar-refractivity contribution in [3.63, 3.8) is 0 Å². The minimum atomic E-state index is -0.0683. The van der Waals surface area contributed by atoms with Gasteiger partial charge in [0, 0.05) is 18.3 Å². The van der Waals surface area contributed by atoms with Crippen LogP contribution in [0, 0.1) is 13.8 Å². The summed E-state index contributed by atoms with van der Waals surface area (Å²) in [5.74, 6) is 1.28. The second kappa shape index (κ2) is 8.17. The van der Waals surface area contributed by atoms with E-state index in [1.165, 1.54) is 5.56 Å². The Morgan fingerprint density at radius 3 is 2.83 bits per heavy atom. The lowest BCUT2D eigenvalue weighted by atomic mass is 10.1. The molecule has 0 fully saturated rings. The fourth-order valence-corrected chi connectivity index (χ4v) is 2.16. The second-order valence-corrected chi connectivity index (χ2v) is 5.25. The van der Waals surface area contributed by atoms with Gasteiger partial charge in [-0.25, -0.2) is 4.98 Å². The number of methoxy groups -OCH3 is 1. The number of hydrogen-bond donors (Lipinski definition) is 1. The quantitative estimate of drug-likeness (QED) is 0.853. The van der Waals surface area contributed by atoms with Crippen LogP contribution in [-0.2, 0) is 11.3 Å². The van der Waals surface area contributed by atoms with Crippen molar-refractivity contribution in [2.45, 2.75) is 26.8 Å². The van der Waals surface area contributed by atoms with Gasteiger partial charge >= 0.3 is 0 Å². The molecule has 0 aliphatic carbocycles. The molecule has 2 aromatic rings. The van der Waals surface area contributed by atoms with Crippen molar-refractivity contribution in [3.8, 4) is 11.6 Å². The first kappa shape index (κ1) is 16.8. The number of aryl methyl sites for hydroxylation is 1. The zero-order valence-electron chi connectivity index (χ0n) is 13.8. The van der Waals surface area contributed by atoms with E-state index in [1.807, 2.05) is 44.2 Å². The molecule has 5 heteroatoms. The molecule has 0 spiro atoms. The third-order valence-electron chi connectivity index (χ3n) is 3.66. The minimum Gasteiger partial charge on any atom is -0.493 e. The van der Waals surface area contributed by atoms with E-state index in [-0.39, 0.29) is 5.91 Å². The first-order valence-corrected chi connectivity index (χ1v) is 7.55. The van der Waals surface area contributed by atoms with Crippen LogP contribution in [0.2, 0.25) is 0 Å². The summed E-state index contributed by atoms with van der Waals surface area (Å²) in [4.78, 5) is 16.0. The highest BCUT2D eigenvalue weighted by Crippen LogP contribution is 2.20. The minimum absolute atomic E-state index is 0.0683. The summed E-state index contributed by atoms with van der Waals surface area (Å²) >= 11 is 0. The van der Waals surface area contributed by atoms with E-state index in [1.54, 1.807) is 13.3 Å². The van der Waals surface area contributed by atoms with Gasteiger partial charge in [-0.05, 0) is 37.1 Å². The highest BCUT2D eigenvalue weighted by Gasteiger charge is 2.07. The molecule has 1 heterocycles. The molecule has 1 aromatic heterocycles. The summed E-state index contributed by atoms with van der Waals surface area (Å²) in [6.07, 6.45) is 1.96. The standard InChI is InChI=1S/C18H22N2O3/c1-13-6-4-8-16(14(13)2)23-11-9-17(21)20-12-15-7-5-10-19-18(15)22-3/h4-8,10H,9,11-12H2,1-3H3,(H,20,21). The Bertz CT molecular complexity index is 671. The number of hydrogen-bond acceptors (Lipinski definition) is 4. The van der Waals surface area contributed by atoms with Gasteiger partial charge in [-0.3, -0.25) is 4.79 Å². The first-order chi connectivity index (χ1) is 11.1. The van der Waals surface area contributed by atoms with Crippen LogP contribution in [0.15, 0.2) is 36.5 Å². The lowest BCUT2D eigenvalue weighted by Gasteiger charge is -2.11. The van der Waals surface area contributed by atoms with Crippen LogP contribution in [-0.4, -0.2) is 24.6 Å².